The molecule has 0 saturated heterocycles. The highest BCUT2D eigenvalue weighted by molar-refractivity contribution is 9.10. The van der Waals surface area contributed by atoms with Gasteiger partial charge in [0.2, 0.25) is 0 Å². The van der Waals surface area contributed by atoms with E-state index in [2.05, 4.69) is 21.2 Å². The normalized spacial score (nSPS) is 10.3. The highest BCUT2D eigenvalue weighted by Crippen LogP contribution is 2.21. The second-order valence-corrected chi connectivity index (χ2v) is 5.66. The van der Waals surface area contributed by atoms with Gasteiger partial charge in [0, 0.05) is 22.6 Å². The fourth-order valence-electron chi connectivity index (χ4n) is 1.88. The van der Waals surface area contributed by atoms with E-state index >= 15 is 0 Å². The van der Waals surface area contributed by atoms with E-state index in [4.69, 9.17) is 9.84 Å². The number of nitrogens with one attached hydrogen (secondary N) is 1. The van der Waals surface area contributed by atoms with E-state index in [1.807, 2.05) is 0 Å². The Bertz CT molecular complexity index is 783. The SMILES string of the molecule is O=C(O)COc1cc(F)ccc1C(=O)NCc1ccc(Br)cc1F. The van der Waals surface area contributed by atoms with Gasteiger partial charge in [-0.25, -0.2) is 13.6 Å². The van der Waals surface area contributed by atoms with Crippen LogP contribution in [0.25, 0.3) is 0 Å². The van der Waals surface area contributed by atoms with Gasteiger partial charge in [0.05, 0.1) is 5.56 Å². The molecule has 0 radical (unpaired) electrons. The minimum atomic E-state index is -1.26. The van der Waals surface area contributed by atoms with E-state index in [1.54, 1.807) is 6.07 Å². The van der Waals surface area contributed by atoms with Gasteiger partial charge >= 0.3 is 5.97 Å². The Morgan fingerprint density at radius 2 is 1.92 bits per heavy atom. The van der Waals surface area contributed by atoms with Crippen molar-refractivity contribution in [1.29, 1.82) is 0 Å². The minimum Gasteiger partial charge on any atom is -0.481 e. The van der Waals surface area contributed by atoms with Crippen molar-refractivity contribution in [3.05, 3.63) is 63.6 Å². The van der Waals surface area contributed by atoms with Gasteiger partial charge in [-0.1, -0.05) is 22.0 Å². The van der Waals surface area contributed by atoms with Crippen LogP contribution in [0.4, 0.5) is 8.78 Å². The van der Waals surface area contributed by atoms with Gasteiger partial charge in [-0.3, -0.25) is 4.79 Å². The van der Waals surface area contributed by atoms with Crippen molar-refractivity contribution in [2.24, 2.45) is 0 Å². The number of rotatable bonds is 6. The summed E-state index contributed by atoms with van der Waals surface area (Å²) in [6, 6.07) is 7.53. The summed E-state index contributed by atoms with van der Waals surface area (Å²) in [5.41, 5.74) is 0.219. The fourth-order valence-corrected chi connectivity index (χ4v) is 2.21. The minimum absolute atomic E-state index is 0.0461. The number of benzene rings is 2. The lowest BCUT2D eigenvalue weighted by atomic mass is 10.1. The van der Waals surface area contributed by atoms with Crippen molar-refractivity contribution in [1.82, 2.24) is 5.32 Å². The maximum atomic E-state index is 13.7. The van der Waals surface area contributed by atoms with Crippen molar-refractivity contribution in [2.45, 2.75) is 6.54 Å². The Kier molecular flexibility index (Phi) is 5.86. The zero-order chi connectivity index (χ0) is 17.7. The van der Waals surface area contributed by atoms with Crippen molar-refractivity contribution in [2.75, 3.05) is 6.61 Å². The highest BCUT2D eigenvalue weighted by atomic mass is 79.9. The van der Waals surface area contributed by atoms with Crippen molar-refractivity contribution >= 4 is 27.8 Å². The molecule has 0 heterocycles. The first kappa shape index (κ1) is 17.9. The molecule has 126 valence electrons. The molecule has 0 saturated carbocycles. The molecule has 0 aromatic heterocycles. The average molecular weight is 400 g/mol. The molecule has 0 aliphatic heterocycles. The Morgan fingerprint density at radius 3 is 2.58 bits per heavy atom. The number of halogens is 3. The molecule has 0 unspecified atom stereocenters. The van der Waals surface area contributed by atoms with E-state index in [-0.39, 0.29) is 23.4 Å². The third-order valence-corrected chi connectivity index (χ3v) is 3.49. The molecule has 0 fully saturated rings. The Hall–Kier alpha value is -2.48. The standard InChI is InChI=1S/C16H12BrF2NO4/c17-10-2-1-9(13(19)5-10)7-20-16(23)12-4-3-11(18)6-14(12)24-8-15(21)22/h1-6H,7-8H2,(H,20,23)(H,21,22). The van der Waals surface area contributed by atoms with Crippen LogP contribution in [0, 0.1) is 11.6 Å². The second-order valence-electron chi connectivity index (χ2n) is 4.74. The van der Waals surface area contributed by atoms with Gasteiger partial charge in [-0.15, -0.1) is 0 Å². The molecular formula is C16H12BrF2NO4. The zero-order valence-corrected chi connectivity index (χ0v) is 13.8. The maximum absolute atomic E-state index is 13.7. The molecular weight excluding hydrogens is 388 g/mol. The Labute approximate surface area is 144 Å². The summed E-state index contributed by atoms with van der Waals surface area (Å²) in [7, 11) is 0. The summed E-state index contributed by atoms with van der Waals surface area (Å²) in [5.74, 6) is -3.27. The van der Waals surface area contributed by atoms with Crippen LogP contribution in [0.3, 0.4) is 0 Å². The van der Waals surface area contributed by atoms with E-state index < -0.39 is 30.1 Å². The average Bonchev–Trinajstić information content (AvgIpc) is 2.52. The molecule has 0 bridgehead atoms. The lowest BCUT2D eigenvalue weighted by Gasteiger charge is -2.11. The number of carboxylic acids is 1. The van der Waals surface area contributed by atoms with E-state index in [1.165, 1.54) is 18.2 Å². The molecule has 1 amide bonds. The Morgan fingerprint density at radius 1 is 1.17 bits per heavy atom. The lowest BCUT2D eigenvalue weighted by molar-refractivity contribution is -0.139. The van der Waals surface area contributed by atoms with Gasteiger partial charge in [0.1, 0.15) is 17.4 Å². The monoisotopic (exact) mass is 399 g/mol. The molecule has 24 heavy (non-hydrogen) atoms. The van der Waals surface area contributed by atoms with Crippen LogP contribution >= 0.6 is 15.9 Å². The third kappa shape index (κ3) is 4.76. The number of hydrogen-bond donors (Lipinski definition) is 2. The lowest BCUT2D eigenvalue weighted by Crippen LogP contribution is -2.24. The number of carbonyl (C=O) groups is 2. The molecule has 0 spiro atoms. The van der Waals surface area contributed by atoms with Gasteiger partial charge in [-0.2, -0.15) is 0 Å². The fraction of sp³-hybridized carbons (Fsp3) is 0.125. The number of hydrogen-bond acceptors (Lipinski definition) is 3. The van der Waals surface area contributed by atoms with Crippen LogP contribution in [0.5, 0.6) is 5.75 Å². The Balaban J connectivity index is 2.12. The predicted molar refractivity (Wildman–Crippen MR) is 84.8 cm³/mol. The molecule has 2 aromatic carbocycles. The quantitative estimate of drug-likeness (QED) is 0.782. The second kappa shape index (κ2) is 7.87. The summed E-state index contributed by atoms with van der Waals surface area (Å²) < 4.78 is 32.5. The van der Waals surface area contributed by atoms with E-state index in [0.717, 1.165) is 12.1 Å². The summed E-state index contributed by atoms with van der Waals surface area (Å²) >= 11 is 3.13. The van der Waals surface area contributed by atoms with Gasteiger partial charge in [0.25, 0.3) is 5.91 Å². The summed E-state index contributed by atoms with van der Waals surface area (Å²) in [6.07, 6.45) is 0. The molecule has 2 aromatic rings. The summed E-state index contributed by atoms with van der Waals surface area (Å²) in [6.45, 7) is -0.807. The highest BCUT2D eigenvalue weighted by Gasteiger charge is 2.15. The third-order valence-electron chi connectivity index (χ3n) is 2.99. The zero-order valence-electron chi connectivity index (χ0n) is 12.2. The largest absolute Gasteiger partial charge is 0.481 e. The molecule has 5 nitrogen and oxygen atoms in total. The number of ether oxygens (including phenoxy) is 1. The first-order valence-corrected chi connectivity index (χ1v) is 7.52. The van der Waals surface area contributed by atoms with Crippen molar-refractivity contribution < 1.29 is 28.2 Å². The van der Waals surface area contributed by atoms with Crippen LogP contribution in [0.2, 0.25) is 0 Å². The first-order chi connectivity index (χ1) is 11.4. The maximum Gasteiger partial charge on any atom is 0.341 e. The molecule has 0 atom stereocenters. The van der Waals surface area contributed by atoms with Crippen LogP contribution < -0.4 is 10.1 Å². The number of carboxylic acid groups (broad SMARTS) is 1. The van der Waals surface area contributed by atoms with Gasteiger partial charge in [0.15, 0.2) is 6.61 Å². The molecule has 2 N–H and O–H groups in total. The smallest absolute Gasteiger partial charge is 0.341 e. The summed E-state index contributed by atoms with van der Waals surface area (Å²) in [4.78, 5) is 22.7. The van der Waals surface area contributed by atoms with Gasteiger partial charge in [-0.05, 0) is 24.3 Å². The van der Waals surface area contributed by atoms with Crippen LogP contribution in [-0.4, -0.2) is 23.6 Å². The molecule has 8 heteroatoms. The van der Waals surface area contributed by atoms with Crippen LogP contribution in [0.15, 0.2) is 40.9 Å². The van der Waals surface area contributed by atoms with E-state index in [9.17, 15) is 18.4 Å². The summed E-state index contributed by atoms with van der Waals surface area (Å²) in [5, 5.41) is 11.1. The van der Waals surface area contributed by atoms with Crippen molar-refractivity contribution in [3.63, 3.8) is 0 Å². The molecule has 2 rings (SSSR count). The first-order valence-electron chi connectivity index (χ1n) is 6.73. The molecule has 0 aliphatic carbocycles. The predicted octanol–water partition coefficient (Wildman–Crippen LogP) is 3.12. The van der Waals surface area contributed by atoms with Crippen LogP contribution in [0.1, 0.15) is 15.9 Å². The number of carbonyl (C=O) groups excluding carboxylic acids is 1. The van der Waals surface area contributed by atoms with Gasteiger partial charge < -0.3 is 15.2 Å². The van der Waals surface area contributed by atoms with Crippen molar-refractivity contribution in [3.8, 4) is 5.75 Å². The van der Waals surface area contributed by atoms with E-state index in [0.29, 0.717) is 4.47 Å². The topological polar surface area (TPSA) is 75.6 Å². The van der Waals surface area contributed by atoms with Crippen LogP contribution in [-0.2, 0) is 11.3 Å². The number of amides is 1. The number of aliphatic carboxylic acids is 1. The molecule has 0 aliphatic rings.